The molecule has 0 heterocycles. The number of aryl methyl sites for hydroxylation is 1. The first kappa shape index (κ1) is 15.9. The molecule has 5 heteroatoms. The summed E-state index contributed by atoms with van der Waals surface area (Å²) in [5, 5.41) is 0.608. The Balaban J connectivity index is 2.21. The third-order valence-electron chi connectivity index (χ3n) is 3.24. The van der Waals surface area contributed by atoms with Gasteiger partial charge in [0.05, 0.1) is 0 Å². The van der Waals surface area contributed by atoms with Gasteiger partial charge >= 0.3 is 0 Å². The van der Waals surface area contributed by atoms with E-state index >= 15 is 0 Å². The zero-order chi connectivity index (χ0) is 15.6. The smallest absolute Gasteiger partial charge is 0.254 e. The highest BCUT2D eigenvalue weighted by molar-refractivity contribution is 9.10. The van der Waals surface area contributed by atoms with E-state index in [0.29, 0.717) is 22.8 Å². The highest BCUT2D eigenvalue weighted by Gasteiger charge is 2.15. The van der Waals surface area contributed by atoms with Crippen LogP contribution in [0.4, 0.5) is 5.69 Å². The molecule has 21 heavy (non-hydrogen) atoms. The SMILES string of the molecule is Cc1cc(Br)ccc1C(=O)N(C)Cc1cc(N)ccc1Cl. The van der Waals surface area contributed by atoms with Crippen LogP contribution in [-0.2, 0) is 6.54 Å². The quantitative estimate of drug-likeness (QED) is 0.824. The first-order valence-electron chi connectivity index (χ1n) is 6.44. The summed E-state index contributed by atoms with van der Waals surface area (Å²) in [6.45, 7) is 2.33. The zero-order valence-electron chi connectivity index (χ0n) is 11.9. The van der Waals surface area contributed by atoms with Gasteiger partial charge in [-0.15, -0.1) is 0 Å². The van der Waals surface area contributed by atoms with Gasteiger partial charge in [-0.2, -0.15) is 0 Å². The van der Waals surface area contributed by atoms with E-state index < -0.39 is 0 Å². The largest absolute Gasteiger partial charge is 0.399 e. The lowest BCUT2D eigenvalue weighted by Gasteiger charge is -2.19. The second kappa shape index (κ2) is 6.50. The minimum Gasteiger partial charge on any atom is -0.399 e. The van der Waals surface area contributed by atoms with Crippen LogP contribution in [0.5, 0.6) is 0 Å². The van der Waals surface area contributed by atoms with E-state index in [2.05, 4.69) is 15.9 Å². The van der Waals surface area contributed by atoms with Crippen molar-refractivity contribution in [3.8, 4) is 0 Å². The van der Waals surface area contributed by atoms with Crippen molar-refractivity contribution in [3.05, 3.63) is 62.6 Å². The molecule has 2 aromatic rings. The number of halogens is 2. The molecule has 0 aliphatic heterocycles. The van der Waals surface area contributed by atoms with Gasteiger partial charge in [-0.25, -0.2) is 0 Å². The Hall–Kier alpha value is -1.52. The molecule has 2 rings (SSSR count). The summed E-state index contributed by atoms with van der Waals surface area (Å²) in [6, 6.07) is 10.9. The average Bonchev–Trinajstić information content (AvgIpc) is 2.42. The maximum atomic E-state index is 12.5. The van der Waals surface area contributed by atoms with Crippen LogP contribution >= 0.6 is 27.5 Å². The van der Waals surface area contributed by atoms with E-state index in [0.717, 1.165) is 15.6 Å². The fourth-order valence-electron chi connectivity index (χ4n) is 2.12. The Labute approximate surface area is 137 Å². The Morgan fingerprint density at radius 1 is 1.29 bits per heavy atom. The lowest BCUT2D eigenvalue weighted by Crippen LogP contribution is -2.27. The van der Waals surface area contributed by atoms with Crippen molar-refractivity contribution in [2.24, 2.45) is 0 Å². The van der Waals surface area contributed by atoms with Crippen molar-refractivity contribution < 1.29 is 4.79 Å². The third kappa shape index (κ3) is 3.77. The van der Waals surface area contributed by atoms with Crippen LogP contribution in [0.15, 0.2) is 40.9 Å². The molecule has 0 atom stereocenters. The molecule has 2 N–H and O–H groups in total. The molecule has 0 spiro atoms. The predicted octanol–water partition coefficient (Wildman–Crippen LogP) is 4.27. The molecule has 0 saturated carbocycles. The third-order valence-corrected chi connectivity index (χ3v) is 4.10. The van der Waals surface area contributed by atoms with E-state index in [-0.39, 0.29) is 5.91 Å². The van der Waals surface area contributed by atoms with Gasteiger partial charge in [0.1, 0.15) is 0 Å². The van der Waals surface area contributed by atoms with E-state index in [1.807, 2.05) is 25.1 Å². The van der Waals surface area contributed by atoms with E-state index in [4.69, 9.17) is 17.3 Å². The molecule has 1 amide bonds. The molecule has 0 bridgehead atoms. The van der Waals surface area contributed by atoms with Crippen LogP contribution in [-0.4, -0.2) is 17.9 Å². The van der Waals surface area contributed by atoms with Crippen LogP contribution < -0.4 is 5.73 Å². The first-order valence-corrected chi connectivity index (χ1v) is 7.61. The number of anilines is 1. The number of nitrogen functional groups attached to an aromatic ring is 1. The van der Waals surface area contributed by atoms with Crippen LogP contribution in [0, 0.1) is 6.92 Å². The van der Waals surface area contributed by atoms with Crippen LogP contribution in [0.1, 0.15) is 21.5 Å². The summed E-state index contributed by atoms with van der Waals surface area (Å²) >= 11 is 9.54. The summed E-state index contributed by atoms with van der Waals surface area (Å²) in [7, 11) is 1.75. The lowest BCUT2D eigenvalue weighted by atomic mass is 10.1. The number of hydrogen-bond donors (Lipinski definition) is 1. The Bertz CT molecular complexity index is 688. The molecule has 110 valence electrons. The predicted molar refractivity (Wildman–Crippen MR) is 90.5 cm³/mol. The van der Waals surface area contributed by atoms with Gasteiger partial charge in [-0.1, -0.05) is 27.5 Å². The molecule has 0 saturated heterocycles. The molecule has 0 unspecified atom stereocenters. The summed E-state index contributed by atoms with van der Waals surface area (Å²) in [4.78, 5) is 14.1. The number of nitrogens with zero attached hydrogens (tertiary/aromatic N) is 1. The zero-order valence-corrected chi connectivity index (χ0v) is 14.2. The monoisotopic (exact) mass is 366 g/mol. The molecule has 2 aromatic carbocycles. The molecule has 0 aliphatic carbocycles. The Morgan fingerprint density at radius 2 is 2.00 bits per heavy atom. The highest BCUT2D eigenvalue weighted by Crippen LogP contribution is 2.22. The fourth-order valence-corrected chi connectivity index (χ4v) is 2.77. The summed E-state index contributed by atoms with van der Waals surface area (Å²) < 4.78 is 0.957. The Kier molecular flexibility index (Phi) is 4.91. The molecule has 0 radical (unpaired) electrons. The lowest BCUT2D eigenvalue weighted by molar-refractivity contribution is 0.0784. The van der Waals surface area contributed by atoms with E-state index in [9.17, 15) is 4.79 Å². The minimum absolute atomic E-state index is 0.0431. The first-order chi connectivity index (χ1) is 9.88. The van der Waals surface area contributed by atoms with Crippen LogP contribution in [0.2, 0.25) is 5.02 Å². The van der Waals surface area contributed by atoms with Gasteiger partial charge in [0.15, 0.2) is 0 Å². The molecule has 0 fully saturated rings. The normalized spacial score (nSPS) is 10.5. The number of benzene rings is 2. The fraction of sp³-hybridized carbons (Fsp3) is 0.188. The van der Waals surface area contributed by atoms with E-state index in [1.54, 1.807) is 30.1 Å². The number of amides is 1. The topological polar surface area (TPSA) is 46.3 Å². The summed E-state index contributed by atoms with van der Waals surface area (Å²) in [5.74, 6) is -0.0431. The maximum absolute atomic E-state index is 12.5. The van der Waals surface area contributed by atoms with Crippen molar-refractivity contribution in [3.63, 3.8) is 0 Å². The number of carbonyl (C=O) groups is 1. The van der Waals surface area contributed by atoms with Gasteiger partial charge in [-0.05, 0) is 54.4 Å². The van der Waals surface area contributed by atoms with Crippen molar-refractivity contribution in [1.82, 2.24) is 4.90 Å². The number of nitrogens with two attached hydrogens (primary N) is 1. The second-order valence-corrected chi connectivity index (χ2v) is 6.29. The number of rotatable bonds is 3. The van der Waals surface area contributed by atoms with Crippen molar-refractivity contribution in [2.45, 2.75) is 13.5 Å². The molecular weight excluding hydrogens is 352 g/mol. The maximum Gasteiger partial charge on any atom is 0.254 e. The minimum atomic E-state index is -0.0431. The molecule has 3 nitrogen and oxygen atoms in total. The summed E-state index contributed by atoms with van der Waals surface area (Å²) in [5.41, 5.74) is 8.85. The van der Waals surface area contributed by atoms with Gasteiger partial charge in [-0.3, -0.25) is 4.79 Å². The summed E-state index contributed by atoms with van der Waals surface area (Å²) in [6.07, 6.45) is 0. The molecule has 0 aliphatic rings. The van der Waals surface area contributed by atoms with Crippen LogP contribution in [0.3, 0.4) is 0 Å². The standard InChI is InChI=1S/C16H16BrClN2O/c1-10-7-12(17)3-5-14(10)16(21)20(2)9-11-8-13(19)4-6-15(11)18/h3-8H,9,19H2,1-2H3. The van der Waals surface area contributed by atoms with Crippen molar-refractivity contribution in [1.29, 1.82) is 0 Å². The van der Waals surface area contributed by atoms with Gasteiger partial charge in [0.25, 0.3) is 5.91 Å². The van der Waals surface area contributed by atoms with E-state index in [1.165, 1.54) is 0 Å². The average molecular weight is 368 g/mol. The Morgan fingerprint density at radius 3 is 2.67 bits per heavy atom. The van der Waals surface area contributed by atoms with Gasteiger partial charge in [0.2, 0.25) is 0 Å². The van der Waals surface area contributed by atoms with Crippen molar-refractivity contribution in [2.75, 3.05) is 12.8 Å². The van der Waals surface area contributed by atoms with Gasteiger partial charge in [0, 0.05) is 34.3 Å². The molecule has 0 aromatic heterocycles. The molecular formula is C16H16BrClN2O. The second-order valence-electron chi connectivity index (χ2n) is 4.97. The highest BCUT2D eigenvalue weighted by atomic mass is 79.9. The van der Waals surface area contributed by atoms with Crippen LogP contribution in [0.25, 0.3) is 0 Å². The number of carbonyl (C=O) groups excluding carboxylic acids is 1. The van der Waals surface area contributed by atoms with Crippen molar-refractivity contribution >= 4 is 39.1 Å². The number of hydrogen-bond acceptors (Lipinski definition) is 2. The van der Waals surface area contributed by atoms with Gasteiger partial charge < -0.3 is 10.6 Å².